The zero-order chi connectivity index (χ0) is 24.1. The van der Waals surface area contributed by atoms with Crippen LogP contribution >= 0.6 is 22.7 Å². The van der Waals surface area contributed by atoms with Crippen molar-refractivity contribution in [1.82, 2.24) is 9.97 Å². The number of nitrogens with one attached hydrogen (secondary N) is 1. The van der Waals surface area contributed by atoms with Crippen molar-refractivity contribution in [2.45, 2.75) is 4.90 Å². The third kappa shape index (κ3) is 5.14. The lowest BCUT2D eigenvalue weighted by Crippen LogP contribution is -2.13. The van der Waals surface area contributed by atoms with Crippen LogP contribution in [0.15, 0.2) is 81.0 Å². The van der Waals surface area contributed by atoms with Crippen molar-refractivity contribution in [3.8, 4) is 22.8 Å². The highest BCUT2D eigenvalue weighted by molar-refractivity contribution is 7.93. The van der Waals surface area contributed by atoms with Crippen LogP contribution < -0.4 is 15.2 Å². The van der Waals surface area contributed by atoms with Crippen LogP contribution in [0.4, 0.5) is 9.52 Å². The number of pyridine rings is 1. The monoisotopic (exact) mass is 515 g/mol. The van der Waals surface area contributed by atoms with Gasteiger partial charge in [0.1, 0.15) is 0 Å². The van der Waals surface area contributed by atoms with Crippen molar-refractivity contribution in [2.75, 3.05) is 11.8 Å². The molecule has 0 spiro atoms. The molecule has 12 heteroatoms. The molecule has 0 amide bonds. The molecule has 34 heavy (non-hydrogen) atoms. The number of thiazole rings is 1. The number of benzene rings is 1. The summed E-state index contributed by atoms with van der Waals surface area (Å²) in [6, 6.07) is 7.07. The number of ether oxygens (including phenoxy) is 1. The Balaban J connectivity index is 1.68. The molecule has 3 heterocycles. The molecule has 0 aliphatic rings. The van der Waals surface area contributed by atoms with Crippen LogP contribution in [0.25, 0.3) is 11.3 Å². The average Bonchev–Trinajstić information content (AvgIpc) is 3.53. The van der Waals surface area contributed by atoms with E-state index in [-0.39, 0.29) is 21.5 Å². The molecule has 4 aromatic rings. The Hall–Kier alpha value is -3.61. The summed E-state index contributed by atoms with van der Waals surface area (Å²) in [5, 5.41) is 5.69. The molecule has 174 valence electrons. The molecule has 0 saturated carbocycles. The second-order valence-electron chi connectivity index (χ2n) is 6.68. The Kier molecular flexibility index (Phi) is 7.01. The number of hydrogen-bond donors (Lipinski definition) is 2. The zero-order valence-corrected chi connectivity index (χ0v) is 20.1. The van der Waals surface area contributed by atoms with Gasteiger partial charge >= 0.3 is 0 Å². The van der Waals surface area contributed by atoms with E-state index in [2.05, 4.69) is 19.7 Å². The SMILES string of the molecule is CN=C(C=CN)c1cc(-c2ccsc2)ncc1Oc1ccc(S(=O)(=O)Nc2nccs2)cc1F. The number of nitrogens with zero attached hydrogens (tertiary/aromatic N) is 3. The molecule has 0 fully saturated rings. The highest BCUT2D eigenvalue weighted by Gasteiger charge is 2.20. The van der Waals surface area contributed by atoms with Crippen molar-refractivity contribution in [2.24, 2.45) is 10.7 Å². The zero-order valence-electron chi connectivity index (χ0n) is 17.7. The minimum atomic E-state index is -4.01. The topological polar surface area (TPSA) is 120 Å². The van der Waals surface area contributed by atoms with Crippen LogP contribution in [-0.2, 0) is 10.0 Å². The predicted molar refractivity (Wildman–Crippen MR) is 133 cm³/mol. The Labute approximate surface area is 203 Å². The first-order chi connectivity index (χ1) is 16.4. The molecule has 0 bridgehead atoms. The summed E-state index contributed by atoms with van der Waals surface area (Å²) in [6.45, 7) is 0. The number of rotatable bonds is 8. The van der Waals surface area contributed by atoms with Gasteiger partial charge in [0, 0.05) is 35.1 Å². The van der Waals surface area contributed by atoms with Crippen molar-refractivity contribution < 1.29 is 17.5 Å². The van der Waals surface area contributed by atoms with Gasteiger partial charge in [0.05, 0.1) is 22.5 Å². The van der Waals surface area contributed by atoms with Gasteiger partial charge in [0.25, 0.3) is 10.0 Å². The summed E-state index contributed by atoms with van der Waals surface area (Å²) in [5.41, 5.74) is 8.21. The lowest BCUT2D eigenvalue weighted by Gasteiger charge is -2.14. The Morgan fingerprint density at radius 1 is 1.21 bits per heavy atom. The van der Waals surface area contributed by atoms with E-state index in [4.69, 9.17) is 10.5 Å². The molecule has 1 aromatic carbocycles. The minimum Gasteiger partial charge on any atom is -0.452 e. The van der Waals surface area contributed by atoms with Gasteiger partial charge in [0.2, 0.25) is 0 Å². The number of sulfonamides is 1. The third-order valence-corrected chi connectivity index (χ3v) is 7.38. The quantitative estimate of drug-likeness (QED) is 0.323. The second-order valence-corrected chi connectivity index (χ2v) is 10.0. The second kappa shape index (κ2) is 10.1. The molecule has 8 nitrogen and oxygen atoms in total. The number of thiophene rings is 1. The third-order valence-electron chi connectivity index (χ3n) is 4.54. The summed E-state index contributed by atoms with van der Waals surface area (Å²) in [5.74, 6) is -0.806. The standard InChI is InChI=1S/C22H18FN5O3S3/c1-25-18(4-6-24)16-11-19(14-5-8-32-13-14)27-12-21(16)31-20-3-2-15(10-17(20)23)34(29,30)28-22-26-7-9-33-22/h2-13H,24H2,1H3,(H,26,28). The van der Waals surface area contributed by atoms with Gasteiger partial charge in [0.15, 0.2) is 22.4 Å². The summed E-state index contributed by atoms with van der Waals surface area (Å²) in [7, 11) is -2.41. The Morgan fingerprint density at radius 3 is 2.71 bits per heavy atom. The molecule has 0 aliphatic carbocycles. The number of hydrogen-bond acceptors (Lipinski definition) is 9. The summed E-state index contributed by atoms with van der Waals surface area (Å²) in [4.78, 5) is 12.3. The number of aromatic nitrogens is 2. The van der Waals surface area contributed by atoms with Crippen LogP contribution in [0.3, 0.4) is 0 Å². The van der Waals surface area contributed by atoms with Crippen molar-refractivity contribution in [3.05, 3.63) is 82.5 Å². The fourth-order valence-corrected chi connectivity index (χ4v) is 5.42. The lowest BCUT2D eigenvalue weighted by atomic mass is 10.1. The van der Waals surface area contributed by atoms with E-state index in [1.54, 1.807) is 24.6 Å². The molecular weight excluding hydrogens is 497 g/mol. The van der Waals surface area contributed by atoms with E-state index in [1.165, 1.54) is 42.1 Å². The van der Waals surface area contributed by atoms with Gasteiger partial charge in [-0.3, -0.25) is 14.7 Å². The fraction of sp³-hybridized carbons (Fsp3) is 0.0455. The van der Waals surface area contributed by atoms with E-state index in [0.717, 1.165) is 23.0 Å². The van der Waals surface area contributed by atoms with E-state index >= 15 is 0 Å². The van der Waals surface area contributed by atoms with Crippen LogP contribution in [0.5, 0.6) is 11.5 Å². The highest BCUT2D eigenvalue weighted by Crippen LogP contribution is 2.32. The predicted octanol–water partition coefficient (Wildman–Crippen LogP) is 4.89. The first-order valence-corrected chi connectivity index (χ1v) is 13.0. The molecule has 0 radical (unpaired) electrons. The van der Waals surface area contributed by atoms with E-state index < -0.39 is 15.8 Å². The van der Waals surface area contributed by atoms with Gasteiger partial charge in [-0.1, -0.05) is 0 Å². The van der Waals surface area contributed by atoms with Gasteiger partial charge < -0.3 is 10.5 Å². The molecule has 0 atom stereocenters. The maximum absolute atomic E-state index is 14.9. The lowest BCUT2D eigenvalue weighted by molar-refractivity contribution is 0.438. The number of halogens is 1. The van der Waals surface area contributed by atoms with Crippen LogP contribution in [0.1, 0.15) is 5.56 Å². The maximum atomic E-state index is 14.9. The van der Waals surface area contributed by atoms with Crippen molar-refractivity contribution in [1.29, 1.82) is 0 Å². The van der Waals surface area contributed by atoms with Crippen LogP contribution in [0, 0.1) is 5.82 Å². The largest absolute Gasteiger partial charge is 0.452 e. The molecule has 4 rings (SSSR count). The normalized spacial score (nSPS) is 12.2. The molecule has 3 N–H and O–H groups in total. The Bertz CT molecular complexity index is 1450. The molecule has 0 unspecified atom stereocenters. The first kappa shape index (κ1) is 23.5. The molecule has 0 saturated heterocycles. The van der Waals surface area contributed by atoms with Gasteiger partial charge in [-0.05, 0) is 48.0 Å². The van der Waals surface area contributed by atoms with Gasteiger partial charge in [-0.2, -0.15) is 11.3 Å². The van der Waals surface area contributed by atoms with Crippen molar-refractivity contribution in [3.63, 3.8) is 0 Å². The highest BCUT2D eigenvalue weighted by atomic mass is 32.2. The number of allylic oxidation sites excluding steroid dienone is 1. The van der Waals surface area contributed by atoms with Crippen LogP contribution in [-0.4, -0.2) is 31.1 Å². The summed E-state index contributed by atoms with van der Waals surface area (Å²) >= 11 is 2.65. The smallest absolute Gasteiger partial charge is 0.263 e. The fourth-order valence-electron chi connectivity index (χ4n) is 2.97. The summed E-state index contributed by atoms with van der Waals surface area (Å²) < 4.78 is 48.1. The minimum absolute atomic E-state index is 0.174. The van der Waals surface area contributed by atoms with E-state index in [0.29, 0.717) is 17.0 Å². The number of anilines is 1. The van der Waals surface area contributed by atoms with E-state index in [9.17, 15) is 12.8 Å². The van der Waals surface area contributed by atoms with Gasteiger partial charge in [-0.25, -0.2) is 17.8 Å². The molecular formula is C22H18FN5O3S3. The average molecular weight is 516 g/mol. The Morgan fingerprint density at radius 2 is 2.06 bits per heavy atom. The van der Waals surface area contributed by atoms with E-state index in [1.807, 2.05) is 16.8 Å². The number of aliphatic imine (C=N–C) groups is 1. The van der Waals surface area contributed by atoms with Gasteiger partial charge in [-0.15, -0.1) is 11.3 Å². The number of nitrogens with two attached hydrogens (primary N) is 1. The molecule has 3 aromatic heterocycles. The maximum Gasteiger partial charge on any atom is 0.263 e. The van der Waals surface area contributed by atoms with Crippen molar-refractivity contribution >= 4 is 43.5 Å². The summed E-state index contributed by atoms with van der Waals surface area (Å²) in [6.07, 6.45) is 5.86. The molecule has 0 aliphatic heterocycles. The van der Waals surface area contributed by atoms with Crippen LogP contribution in [0.2, 0.25) is 0 Å². The first-order valence-electron chi connectivity index (χ1n) is 9.69.